The third-order valence-electron chi connectivity index (χ3n) is 2.32. The fourth-order valence-corrected chi connectivity index (χ4v) is 4.31. The van der Waals surface area contributed by atoms with E-state index < -0.39 is 8.80 Å². The molecule has 3 nitrogen and oxygen atoms in total. The van der Waals surface area contributed by atoms with Crippen LogP contribution in [0.1, 0.15) is 34.1 Å². The molecule has 0 saturated carbocycles. The highest BCUT2D eigenvalue weighted by Gasteiger charge is 2.38. The van der Waals surface area contributed by atoms with Crippen LogP contribution in [0.2, 0.25) is 6.04 Å². The average Bonchev–Trinajstić information content (AvgIpc) is 2.43. The Labute approximate surface area is 119 Å². The van der Waals surface area contributed by atoms with Gasteiger partial charge in [0.15, 0.2) is 0 Å². The van der Waals surface area contributed by atoms with Crippen LogP contribution >= 0.6 is 0 Å². The molecule has 0 N–H and O–H groups in total. The first-order valence-corrected chi connectivity index (χ1v) is 9.09. The SMILES string of the molecule is CCC[Si](OCC)(OCC)OCC.c1ccccc1. The first-order chi connectivity index (χ1) is 9.24. The fourth-order valence-electron chi connectivity index (χ4n) is 1.69. The molecular weight excluding hydrogens is 256 g/mol. The van der Waals surface area contributed by atoms with Gasteiger partial charge in [0, 0.05) is 25.9 Å². The molecule has 0 aromatic heterocycles. The maximum Gasteiger partial charge on any atom is 0.500 e. The fraction of sp³-hybridized carbons (Fsp3) is 0.600. The van der Waals surface area contributed by atoms with Crippen LogP contribution in [-0.2, 0) is 13.3 Å². The Morgan fingerprint density at radius 3 is 1.16 bits per heavy atom. The zero-order chi connectivity index (χ0) is 14.4. The molecule has 0 aliphatic rings. The standard InChI is InChI=1S/C9H22O3Si.C6H6/c1-5-9-13(10-6-2,11-7-3)12-8-4;1-2-4-6-5-3-1/h5-9H2,1-4H3;1-6H. The minimum Gasteiger partial charge on any atom is -0.374 e. The van der Waals surface area contributed by atoms with Gasteiger partial charge in [-0.05, 0) is 20.8 Å². The van der Waals surface area contributed by atoms with E-state index in [9.17, 15) is 0 Å². The molecule has 1 rings (SSSR count). The lowest BCUT2D eigenvalue weighted by molar-refractivity contribution is 0.0712. The van der Waals surface area contributed by atoms with Crippen molar-refractivity contribution in [3.8, 4) is 0 Å². The van der Waals surface area contributed by atoms with Gasteiger partial charge >= 0.3 is 8.80 Å². The second-order valence-corrected chi connectivity index (χ2v) is 6.62. The van der Waals surface area contributed by atoms with Crippen molar-refractivity contribution < 1.29 is 13.3 Å². The summed E-state index contributed by atoms with van der Waals surface area (Å²) in [5.74, 6) is 0. The van der Waals surface area contributed by atoms with Gasteiger partial charge in [-0.2, -0.15) is 0 Å². The van der Waals surface area contributed by atoms with Crippen LogP contribution < -0.4 is 0 Å². The van der Waals surface area contributed by atoms with Gasteiger partial charge in [-0.15, -0.1) is 0 Å². The van der Waals surface area contributed by atoms with E-state index in [4.69, 9.17) is 13.3 Å². The molecule has 4 heteroatoms. The van der Waals surface area contributed by atoms with Crippen LogP contribution in [0.25, 0.3) is 0 Å². The molecule has 0 spiro atoms. The lowest BCUT2D eigenvalue weighted by Gasteiger charge is -2.27. The molecular formula is C15H28O3Si. The first-order valence-electron chi connectivity index (χ1n) is 7.16. The summed E-state index contributed by atoms with van der Waals surface area (Å²) < 4.78 is 16.9. The molecule has 1 aromatic carbocycles. The summed E-state index contributed by atoms with van der Waals surface area (Å²) in [6.45, 7) is 10.1. The molecule has 1 aromatic rings. The van der Waals surface area contributed by atoms with Gasteiger partial charge < -0.3 is 13.3 Å². The van der Waals surface area contributed by atoms with Crippen LogP contribution in [0.5, 0.6) is 0 Å². The van der Waals surface area contributed by atoms with Crippen molar-refractivity contribution in [2.45, 2.75) is 40.2 Å². The third-order valence-corrected chi connectivity index (χ3v) is 5.61. The molecule has 0 amide bonds. The molecule has 0 fully saturated rings. The van der Waals surface area contributed by atoms with Crippen LogP contribution in [0, 0.1) is 0 Å². The van der Waals surface area contributed by atoms with Crippen molar-refractivity contribution in [3.05, 3.63) is 36.4 Å². The summed E-state index contributed by atoms with van der Waals surface area (Å²) in [5.41, 5.74) is 0. The van der Waals surface area contributed by atoms with Crippen molar-refractivity contribution >= 4 is 8.80 Å². The van der Waals surface area contributed by atoms with E-state index in [2.05, 4.69) is 6.92 Å². The largest absolute Gasteiger partial charge is 0.500 e. The molecule has 0 radical (unpaired) electrons. The normalized spacial score (nSPS) is 10.7. The van der Waals surface area contributed by atoms with E-state index in [0.717, 1.165) is 12.5 Å². The summed E-state index contributed by atoms with van der Waals surface area (Å²) in [7, 11) is -2.30. The van der Waals surface area contributed by atoms with E-state index in [1.165, 1.54) is 0 Å². The summed E-state index contributed by atoms with van der Waals surface area (Å²) in [4.78, 5) is 0. The van der Waals surface area contributed by atoms with Gasteiger partial charge in [-0.25, -0.2) is 0 Å². The molecule has 0 atom stereocenters. The lowest BCUT2D eigenvalue weighted by Crippen LogP contribution is -2.45. The van der Waals surface area contributed by atoms with Gasteiger partial charge in [-0.1, -0.05) is 49.7 Å². The predicted molar refractivity (Wildman–Crippen MR) is 82.2 cm³/mol. The van der Waals surface area contributed by atoms with Crippen LogP contribution in [0.15, 0.2) is 36.4 Å². The van der Waals surface area contributed by atoms with E-state index in [-0.39, 0.29) is 0 Å². The Kier molecular flexibility index (Phi) is 11.9. The van der Waals surface area contributed by atoms with Crippen LogP contribution in [0.4, 0.5) is 0 Å². The molecule has 0 saturated heterocycles. The Balaban J connectivity index is 0.000000443. The molecule has 0 bridgehead atoms. The van der Waals surface area contributed by atoms with Gasteiger partial charge in [0.25, 0.3) is 0 Å². The summed E-state index contributed by atoms with van der Waals surface area (Å²) in [6, 6.07) is 12.9. The van der Waals surface area contributed by atoms with Crippen LogP contribution in [0.3, 0.4) is 0 Å². The number of rotatable bonds is 8. The summed E-state index contributed by atoms with van der Waals surface area (Å²) in [5, 5.41) is 0. The number of hydrogen-bond donors (Lipinski definition) is 0. The van der Waals surface area contributed by atoms with E-state index >= 15 is 0 Å². The maximum atomic E-state index is 5.65. The van der Waals surface area contributed by atoms with Gasteiger partial charge in [0.2, 0.25) is 0 Å². The highest BCUT2D eigenvalue weighted by Crippen LogP contribution is 2.17. The van der Waals surface area contributed by atoms with Gasteiger partial charge in [-0.3, -0.25) is 0 Å². The highest BCUT2D eigenvalue weighted by molar-refractivity contribution is 6.60. The lowest BCUT2D eigenvalue weighted by atomic mass is 10.4. The monoisotopic (exact) mass is 284 g/mol. The molecule has 110 valence electrons. The van der Waals surface area contributed by atoms with Gasteiger partial charge in [0.1, 0.15) is 0 Å². The van der Waals surface area contributed by atoms with Crippen molar-refractivity contribution in [2.75, 3.05) is 19.8 Å². The quantitative estimate of drug-likeness (QED) is 0.672. The molecule has 0 unspecified atom stereocenters. The zero-order valence-electron chi connectivity index (χ0n) is 12.7. The first kappa shape index (κ1) is 18.3. The van der Waals surface area contributed by atoms with Crippen LogP contribution in [-0.4, -0.2) is 28.6 Å². The maximum absolute atomic E-state index is 5.65. The average molecular weight is 284 g/mol. The van der Waals surface area contributed by atoms with Crippen molar-refractivity contribution in [3.63, 3.8) is 0 Å². The molecule has 0 aliphatic carbocycles. The third kappa shape index (κ3) is 8.94. The van der Waals surface area contributed by atoms with E-state index in [0.29, 0.717) is 19.8 Å². The topological polar surface area (TPSA) is 27.7 Å². The molecule has 0 heterocycles. The Hall–Kier alpha value is -0.683. The second-order valence-electron chi connectivity index (χ2n) is 3.89. The minimum absolute atomic E-state index is 0.673. The van der Waals surface area contributed by atoms with E-state index in [1.54, 1.807) is 0 Å². The Morgan fingerprint density at radius 1 is 0.632 bits per heavy atom. The zero-order valence-corrected chi connectivity index (χ0v) is 13.7. The Bertz CT molecular complexity index is 224. The molecule has 19 heavy (non-hydrogen) atoms. The highest BCUT2D eigenvalue weighted by atomic mass is 28.4. The van der Waals surface area contributed by atoms with E-state index in [1.807, 2.05) is 57.2 Å². The van der Waals surface area contributed by atoms with Crippen molar-refractivity contribution in [1.82, 2.24) is 0 Å². The van der Waals surface area contributed by atoms with Crippen molar-refractivity contribution in [2.24, 2.45) is 0 Å². The minimum atomic E-state index is -2.30. The summed E-state index contributed by atoms with van der Waals surface area (Å²) in [6.07, 6.45) is 1.05. The summed E-state index contributed by atoms with van der Waals surface area (Å²) >= 11 is 0. The second kappa shape index (κ2) is 12.4. The smallest absolute Gasteiger partial charge is 0.374 e. The van der Waals surface area contributed by atoms with Crippen molar-refractivity contribution in [1.29, 1.82) is 0 Å². The Morgan fingerprint density at radius 2 is 0.947 bits per heavy atom. The van der Waals surface area contributed by atoms with Gasteiger partial charge in [0.05, 0.1) is 0 Å². The molecule has 0 aliphatic heterocycles. The number of hydrogen-bond acceptors (Lipinski definition) is 3. The number of benzene rings is 1. The predicted octanol–water partition coefficient (Wildman–Crippen LogP) is 4.13.